The van der Waals surface area contributed by atoms with Crippen molar-refractivity contribution in [2.24, 2.45) is 35.5 Å². The molecule has 0 radical (unpaired) electrons. The fraction of sp³-hybridized carbons (Fsp3) is 0.320. The number of amides is 2. The Morgan fingerprint density at radius 3 is 2.19 bits per heavy atom. The molecule has 4 aliphatic carbocycles. The van der Waals surface area contributed by atoms with Gasteiger partial charge >= 0.3 is 0 Å². The number of carbonyl (C=O) groups excluding carboxylic acids is 3. The second-order valence-corrected chi connectivity index (χ2v) is 9.29. The van der Waals surface area contributed by atoms with Crippen molar-refractivity contribution in [3.05, 3.63) is 71.3 Å². The van der Waals surface area contributed by atoms with Gasteiger partial charge in [-0.2, -0.15) is 0 Å². The second kappa shape index (κ2) is 6.79. The first-order chi connectivity index (χ1) is 15.0. The number of anilines is 1. The summed E-state index contributed by atoms with van der Waals surface area (Å²) in [5.41, 5.74) is 0.909. The van der Waals surface area contributed by atoms with Crippen molar-refractivity contribution in [2.75, 3.05) is 11.5 Å². The van der Waals surface area contributed by atoms with E-state index in [-0.39, 0.29) is 47.9 Å². The topological polar surface area (TPSA) is 63.7 Å². The van der Waals surface area contributed by atoms with Crippen LogP contribution in [0.1, 0.15) is 16.8 Å². The van der Waals surface area contributed by atoms with Crippen LogP contribution in [0.4, 0.5) is 5.69 Å². The number of benzene rings is 2. The van der Waals surface area contributed by atoms with E-state index in [2.05, 4.69) is 12.2 Å². The van der Waals surface area contributed by atoms with Crippen molar-refractivity contribution in [3.63, 3.8) is 0 Å². The first-order valence-corrected chi connectivity index (χ1v) is 11.0. The molecule has 0 aromatic heterocycles. The molecule has 156 valence electrons. The van der Waals surface area contributed by atoms with E-state index < -0.39 is 0 Å². The molecule has 31 heavy (non-hydrogen) atoms. The molecule has 0 N–H and O–H groups in total. The maximum Gasteiger partial charge on any atom is 0.238 e. The highest BCUT2D eigenvalue weighted by molar-refractivity contribution is 6.30. The van der Waals surface area contributed by atoms with E-state index in [1.807, 2.05) is 0 Å². The summed E-state index contributed by atoms with van der Waals surface area (Å²) in [5.74, 6) is 0.775. The monoisotopic (exact) mass is 433 g/mol. The molecule has 1 heterocycles. The van der Waals surface area contributed by atoms with Crippen LogP contribution in [0.25, 0.3) is 0 Å². The Bertz CT molecular complexity index is 1100. The van der Waals surface area contributed by atoms with E-state index in [9.17, 15) is 14.4 Å². The standard InChI is InChI=1S/C25H20ClNO4/c26-14-7-5-13(6-8-14)20(28)12-31-21-4-2-1-3-19(21)27-24(29)22-15-9-10-16(18-11-17(15)18)23(22)25(27)30/h1-10,15-18,22-23H,11-12H2/t15-,16-,17-,18+,22-,23-/m1/s1. The molecule has 2 bridgehead atoms. The predicted molar refractivity (Wildman–Crippen MR) is 115 cm³/mol. The van der Waals surface area contributed by atoms with Crippen molar-refractivity contribution in [2.45, 2.75) is 6.42 Å². The number of ketones is 1. The maximum atomic E-state index is 13.4. The molecule has 3 fully saturated rings. The summed E-state index contributed by atoms with van der Waals surface area (Å²) in [5, 5.41) is 0.552. The molecule has 2 aromatic rings. The van der Waals surface area contributed by atoms with Crippen LogP contribution in [-0.4, -0.2) is 24.2 Å². The van der Waals surface area contributed by atoms with Gasteiger partial charge in [0.2, 0.25) is 11.8 Å². The Morgan fingerprint density at radius 1 is 0.935 bits per heavy atom. The Labute approximate surface area is 184 Å². The molecule has 1 saturated heterocycles. The van der Waals surface area contributed by atoms with Gasteiger partial charge in [0, 0.05) is 10.6 Å². The van der Waals surface area contributed by atoms with E-state index in [0.717, 1.165) is 6.42 Å². The lowest BCUT2D eigenvalue weighted by Gasteiger charge is -2.37. The summed E-state index contributed by atoms with van der Waals surface area (Å²) >= 11 is 5.88. The van der Waals surface area contributed by atoms with Crippen molar-refractivity contribution in [1.82, 2.24) is 0 Å². The van der Waals surface area contributed by atoms with Gasteiger partial charge in [-0.3, -0.25) is 14.4 Å². The number of imide groups is 1. The smallest absolute Gasteiger partial charge is 0.238 e. The quantitative estimate of drug-likeness (QED) is 0.403. The number of para-hydroxylation sites is 2. The van der Waals surface area contributed by atoms with E-state index in [0.29, 0.717) is 33.9 Å². The average Bonchev–Trinajstić information content (AvgIpc) is 3.56. The van der Waals surface area contributed by atoms with Crippen LogP contribution < -0.4 is 9.64 Å². The van der Waals surface area contributed by atoms with Crippen LogP contribution in [0, 0.1) is 35.5 Å². The van der Waals surface area contributed by atoms with E-state index >= 15 is 0 Å². The Kier molecular flexibility index (Phi) is 4.12. The molecule has 2 aromatic carbocycles. The fourth-order valence-corrected chi connectivity index (χ4v) is 5.95. The summed E-state index contributed by atoms with van der Waals surface area (Å²) in [6, 6.07) is 13.5. The molecule has 1 aliphatic heterocycles. The number of nitrogens with zero attached hydrogens (tertiary/aromatic N) is 1. The number of ether oxygens (including phenoxy) is 1. The van der Waals surface area contributed by atoms with Crippen molar-refractivity contribution < 1.29 is 19.1 Å². The third-order valence-corrected chi connectivity index (χ3v) is 7.55. The zero-order valence-electron chi connectivity index (χ0n) is 16.6. The average molecular weight is 434 g/mol. The predicted octanol–water partition coefficient (Wildman–Crippen LogP) is 4.16. The summed E-state index contributed by atoms with van der Waals surface area (Å²) in [6.07, 6.45) is 5.44. The summed E-state index contributed by atoms with van der Waals surface area (Å²) < 4.78 is 5.80. The maximum absolute atomic E-state index is 13.4. The van der Waals surface area contributed by atoms with Crippen LogP contribution in [-0.2, 0) is 9.59 Å². The minimum absolute atomic E-state index is 0.139. The molecule has 2 amide bonds. The number of allylic oxidation sites excluding steroid dienone is 2. The number of Topliss-reactive ketones (excluding diaryl/α,β-unsaturated/α-hetero) is 1. The van der Waals surface area contributed by atoms with E-state index in [4.69, 9.17) is 16.3 Å². The molecule has 6 heteroatoms. The van der Waals surface area contributed by atoms with Crippen LogP contribution in [0.15, 0.2) is 60.7 Å². The van der Waals surface area contributed by atoms with Gasteiger partial charge < -0.3 is 4.74 Å². The van der Waals surface area contributed by atoms with Crippen molar-refractivity contribution >= 4 is 34.9 Å². The third-order valence-electron chi connectivity index (χ3n) is 7.29. The van der Waals surface area contributed by atoms with Gasteiger partial charge in [-0.1, -0.05) is 35.9 Å². The van der Waals surface area contributed by atoms with E-state index in [1.54, 1.807) is 48.5 Å². The molecule has 6 atom stereocenters. The van der Waals surface area contributed by atoms with E-state index in [1.165, 1.54) is 4.90 Å². The highest BCUT2D eigenvalue weighted by atomic mass is 35.5. The fourth-order valence-electron chi connectivity index (χ4n) is 5.82. The van der Waals surface area contributed by atoms with Gasteiger partial charge in [0.05, 0.1) is 17.5 Å². The molecule has 2 saturated carbocycles. The minimum atomic E-state index is -0.269. The number of halogens is 1. The highest BCUT2D eigenvalue weighted by Gasteiger charge is 2.67. The van der Waals surface area contributed by atoms with Crippen molar-refractivity contribution in [1.29, 1.82) is 0 Å². The molecule has 0 spiro atoms. The molecule has 7 rings (SSSR count). The summed E-state index contributed by atoms with van der Waals surface area (Å²) in [7, 11) is 0. The largest absolute Gasteiger partial charge is 0.483 e. The summed E-state index contributed by atoms with van der Waals surface area (Å²) in [6.45, 7) is -0.196. The molecule has 5 nitrogen and oxygen atoms in total. The zero-order valence-corrected chi connectivity index (χ0v) is 17.4. The number of carbonyl (C=O) groups is 3. The highest BCUT2D eigenvalue weighted by Crippen LogP contribution is 2.65. The normalized spacial score (nSPS) is 32.1. The first-order valence-electron chi connectivity index (χ1n) is 10.6. The molecule has 5 aliphatic rings. The number of hydrogen-bond acceptors (Lipinski definition) is 4. The molecule has 0 unspecified atom stereocenters. The lowest BCUT2D eigenvalue weighted by atomic mass is 9.63. The van der Waals surface area contributed by atoms with Gasteiger partial charge in [0.1, 0.15) is 5.75 Å². The SMILES string of the molecule is O=C(COc1ccccc1N1C(=O)[C@@H]2[C@@H]3C=C[C@H]([C@@H]4C[C@H]34)[C@H]2C1=O)c1ccc(Cl)cc1. The van der Waals surface area contributed by atoms with Gasteiger partial charge in [-0.05, 0) is 66.5 Å². The Morgan fingerprint density at radius 2 is 1.55 bits per heavy atom. The molecular formula is C25H20ClNO4. The van der Waals surface area contributed by atoms with Gasteiger partial charge in [0.25, 0.3) is 0 Å². The number of hydrogen-bond donors (Lipinski definition) is 0. The second-order valence-electron chi connectivity index (χ2n) is 8.85. The van der Waals surface area contributed by atoms with Gasteiger partial charge in [-0.15, -0.1) is 0 Å². The Hall–Kier alpha value is -2.92. The molecular weight excluding hydrogens is 414 g/mol. The third kappa shape index (κ3) is 2.79. The summed E-state index contributed by atoms with van der Waals surface area (Å²) in [4.78, 5) is 40.6. The van der Waals surface area contributed by atoms with Crippen LogP contribution in [0.3, 0.4) is 0 Å². The number of rotatable bonds is 5. The Balaban J connectivity index is 1.26. The lowest BCUT2D eigenvalue weighted by molar-refractivity contribution is -0.124. The van der Waals surface area contributed by atoms with Crippen molar-refractivity contribution in [3.8, 4) is 5.75 Å². The lowest BCUT2D eigenvalue weighted by Crippen LogP contribution is -2.40. The van der Waals surface area contributed by atoms with Gasteiger partial charge in [0.15, 0.2) is 12.4 Å². The van der Waals surface area contributed by atoms with Gasteiger partial charge in [-0.25, -0.2) is 4.90 Å². The van der Waals surface area contributed by atoms with Crippen LogP contribution in [0.2, 0.25) is 5.02 Å². The minimum Gasteiger partial charge on any atom is -0.483 e. The van der Waals surface area contributed by atoms with Crippen LogP contribution >= 0.6 is 11.6 Å². The van der Waals surface area contributed by atoms with Crippen LogP contribution in [0.5, 0.6) is 5.75 Å². The first kappa shape index (κ1) is 18.8. The zero-order chi connectivity index (χ0) is 21.3.